The van der Waals surface area contributed by atoms with Gasteiger partial charge in [0, 0.05) is 0 Å². The minimum Gasteiger partial charge on any atom is -0.207 e. The summed E-state index contributed by atoms with van der Waals surface area (Å²) >= 11 is 0. The van der Waals surface area contributed by atoms with Crippen molar-refractivity contribution in [1.29, 1.82) is 0 Å². The summed E-state index contributed by atoms with van der Waals surface area (Å²) in [6.45, 7) is 9.07. The van der Waals surface area contributed by atoms with E-state index in [4.69, 9.17) is 0 Å². The first-order valence-electron chi connectivity index (χ1n) is 7.76. The molecular formula is C19H25F. The minimum atomic E-state index is -0.163. The zero-order valence-corrected chi connectivity index (χ0v) is 13.0. The Morgan fingerprint density at radius 2 is 1.60 bits per heavy atom. The molecule has 0 saturated heterocycles. The van der Waals surface area contributed by atoms with E-state index in [1.807, 2.05) is 12.1 Å². The Labute approximate surface area is 122 Å². The summed E-state index contributed by atoms with van der Waals surface area (Å²) in [6, 6.07) is 6.93. The number of halogens is 1. The zero-order chi connectivity index (χ0) is 14.7. The van der Waals surface area contributed by atoms with Crippen molar-refractivity contribution >= 4 is 5.57 Å². The van der Waals surface area contributed by atoms with Crippen molar-refractivity contribution in [2.24, 2.45) is 11.8 Å². The van der Waals surface area contributed by atoms with Crippen LogP contribution in [0.15, 0.2) is 41.5 Å². The van der Waals surface area contributed by atoms with Gasteiger partial charge in [-0.1, -0.05) is 57.0 Å². The van der Waals surface area contributed by atoms with E-state index in [2.05, 4.69) is 33.8 Å². The lowest BCUT2D eigenvalue weighted by Crippen LogP contribution is -2.01. The number of allylic oxidation sites excluding steroid dienone is 4. The molecule has 20 heavy (non-hydrogen) atoms. The van der Waals surface area contributed by atoms with Gasteiger partial charge in [-0.25, -0.2) is 4.39 Å². The first kappa shape index (κ1) is 15.0. The average molecular weight is 272 g/mol. The largest absolute Gasteiger partial charge is 0.207 e. The molecule has 1 aliphatic carbocycles. The first-order chi connectivity index (χ1) is 9.56. The van der Waals surface area contributed by atoms with Crippen LogP contribution in [0.5, 0.6) is 0 Å². The lowest BCUT2D eigenvalue weighted by molar-refractivity contribution is 0.604. The number of benzene rings is 1. The molecule has 0 amide bonds. The van der Waals surface area contributed by atoms with Crippen LogP contribution in [-0.4, -0.2) is 0 Å². The number of hydrogen-bond donors (Lipinski definition) is 0. The van der Waals surface area contributed by atoms with E-state index in [9.17, 15) is 4.39 Å². The normalized spacial score (nSPS) is 18.1. The van der Waals surface area contributed by atoms with Gasteiger partial charge in [0.05, 0.1) is 0 Å². The van der Waals surface area contributed by atoms with Crippen molar-refractivity contribution in [1.82, 2.24) is 0 Å². The predicted octanol–water partition coefficient (Wildman–Crippen LogP) is 6.00. The van der Waals surface area contributed by atoms with Crippen LogP contribution in [0.4, 0.5) is 4.39 Å². The summed E-state index contributed by atoms with van der Waals surface area (Å²) in [5.74, 6) is 1.06. The molecule has 0 aliphatic heterocycles. The maximum atomic E-state index is 13.1. The van der Waals surface area contributed by atoms with E-state index in [-0.39, 0.29) is 5.82 Å². The molecule has 0 bridgehead atoms. The lowest BCUT2D eigenvalue weighted by atomic mass is 9.89. The molecule has 2 atom stereocenters. The number of rotatable bonds is 5. The van der Waals surface area contributed by atoms with Gasteiger partial charge in [0.1, 0.15) is 5.82 Å². The van der Waals surface area contributed by atoms with Crippen LogP contribution in [0.2, 0.25) is 0 Å². The third-order valence-corrected chi connectivity index (χ3v) is 4.68. The van der Waals surface area contributed by atoms with Crippen molar-refractivity contribution < 1.29 is 4.39 Å². The maximum Gasteiger partial charge on any atom is 0.123 e. The first-order valence-corrected chi connectivity index (χ1v) is 7.76. The average Bonchev–Trinajstić information content (AvgIpc) is 2.91. The van der Waals surface area contributed by atoms with E-state index in [1.54, 1.807) is 12.1 Å². The van der Waals surface area contributed by atoms with Gasteiger partial charge >= 0.3 is 0 Å². The van der Waals surface area contributed by atoms with Gasteiger partial charge in [0.2, 0.25) is 0 Å². The molecule has 0 saturated carbocycles. The maximum absolute atomic E-state index is 13.1. The molecule has 0 radical (unpaired) electrons. The van der Waals surface area contributed by atoms with Gasteiger partial charge in [-0.15, -0.1) is 0 Å². The van der Waals surface area contributed by atoms with E-state index >= 15 is 0 Å². The van der Waals surface area contributed by atoms with Gasteiger partial charge in [-0.3, -0.25) is 0 Å². The summed E-state index contributed by atoms with van der Waals surface area (Å²) in [4.78, 5) is 0. The highest BCUT2D eigenvalue weighted by Gasteiger charge is 2.23. The molecule has 0 aromatic heterocycles. The van der Waals surface area contributed by atoms with Crippen molar-refractivity contribution in [3.05, 3.63) is 52.9 Å². The Bertz CT molecular complexity index is 519. The van der Waals surface area contributed by atoms with Gasteiger partial charge < -0.3 is 0 Å². The van der Waals surface area contributed by atoms with Crippen molar-refractivity contribution in [3.8, 4) is 0 Å². The fraction of sp³-hybridized carbons (Fsp3) is 0.474. The van der Waals surface area contributed by atoms with E-state index in [0.717, 1.165) is 18.4 Å². The minimum absolute atomic E-state index is 0.163. The summed E-state index contributed by atoms with van der Waals surface area (Å²) in [6.07, 6.45) is 5.78. The van der Waals surface area contributed by atoms with Crippen LogP contribution in [0.1, 0.15) is 52.5 Å². The van der Waals surface area contributed by atoms with E-state index in [1.165, 1.54) is 23.1 Å². The highest BCUT2D eigenvalue weighted by atomic mass is 19.1. The fourth-order valence-corrected chi connectivity index (χ4v) is 2.81. The third-order valence-electron chi connectivity index (χ3n) is 4.68. The fourth-order valence-electron chi connectivity index (χ4n) is 2.81. The molecule has 2 rings (SSSR count). The molecule has 1 heteroatoms. The van der Waals surface area contributed by atoms with Crippen LogP contribution in [0.25, 0.3) is 5.57 Å². The summed E-state index contributed by atoms with van der Waals surface area (Å²) < 4.78 is 13.1. The molecule has 1 aromatic rings. The third kappa shape index (κ3) is 3.03. The highest BCUT2D eigenvalue weighted by molar-refractivity contribution is 5.81. The molecule has 1 aromatic carbocycles. The van der Waals surface area contributed by atoms with E-state index in [0.29, 0.717) is 11.8 Å². The molecule has 108 valence electrons. The van der Waals surface area contributed by atoms with Gasteiger partial charge in [0.25, 0.3) is 0 Å². The summed E-state index contributed by atoms with van der Waals surface area (Å²) in [7, 11) is 0. The standard InChI is InChI=1S/C19H25F/c1-5-13(3)16-11-18(14(4)6-2)19(12-16)15-7-9-17(20)10-8-15/h7-10,12-14H,5-6,11H2,1-4H3. The zero-order valence-electron chi connectivity index (χ0n) is 13.0. The lowest BCUT2D eigenvalue weighted by Gasteiger charge is -2.16. The second kappa shape index (κ2) is 6.39. The van der Waals surface area contributed by atoms with Crippen LogP contribution >= 0.6 is 0 Å². The molecular weight excluding hydrogens is 247 g/mol. The Morgan fingerprint density at radius 1 is 1.00 bits per heavy atom. The summed E-state index contributed by atoms with van der Waals surface area (Å²) in [5, 5.41) is 0. The molecule has 0 spiro atoms. The molecule has 0 heterocycles. The highest BCUT2D eigenvalue weighted by Crippen LogP contribution is 2.40. The van der Waals surface area contributed by atoms with Crippen molar-refractivity contribution in [3.63, 3.8) is 0 Å². The Morgan fingerprint density at radius 3 is 2.15 bits per heavy atom. The summed E-state index contributed by atoms with van der Waals surface area (Å²) in [5.41, 5.74) is 5.53. The Hall–Kier alpha value is -1.37. The molecule has 0 nitrogen and oxygen atoms in total. The monoisotopic (exact) mass is 272 g/mol. The molecule has 2 unspecified atom stereocenters. The SMILES string of the molecule is CCC(C)C1=CC(c2ccc(F)cc2)=C(C(C)CC)C1. The molecule has 0 N–H and O–H groups in total. The molecule has 1 aliphatic rings. The van der Waals surface area contributed by atoms with Crippen molar-refractivity contribution in [2.45, 2.75) is 47.0 Å². The topological polar surface area (TPSA) is 0 Å². The second-order valence-corrected chi connectivity index (χ2v) is 5.96. The van der Waals surface area contributed by atoms with Crippen LogP contribution in [0.3, 0.4) is 0 Å². The molecule has 0 fully saturated rings. The van der Waals surface area contributed by atoms with Crippen LogP contribution in [-0.2, 0) is 0 Å². The van der Waals surface area contributed by atoms with Crippen molar-refractivity contribution in [2.75, 3.05) is 0 Å². The van der Waals surface area contributed by atoms with Gasteiger partial charge in [0.15, 0.2) is 0 Å². The predicted molar refractivity (Wildman–Crippen MR) is 84.9 cm³/mol. The van der Waals surface area contributed by atoms with Crippen LogP contribution in [0, 0.1) is 17.7 Å². The Kier molecular flexibility index (Phi) is 4.80. The van der Waals surface area contributed by atoms with Gasteiger partial charge in [-0.05, 0) is 54.4 Å². The van der Waals surface area contributed by atoms with Crippen LogP contribution < -0.4 is 0 Å². The number of hydrogen-bond acceptors (Lipinski definition) is 0. The Balaban J connectivity index is 2.39. The van der Waals surface area contributed by atoms with Gasteiger partial charge in [-0.2, -0.15) is 0 Å². The quantitative estimate of drug-likeness (QED) is 0.616. The van der Waals surface area contributed by atoms with E-state index < -0.39 is 0 Å². The smallest absolute Gasteiger partial charge is 0.123 e. The second-order valence-electron chi connectivity index (χ2n) is 5.96.